The van der Waals surface area contributed by atoms with E-state index in [0.29, 0.717) is 0 Å². The number of nitrogens with zero attached hydrogens (tertiary/aromatic N) is 4. The highest BCUT2D eigenvalue weighted by Crippen LogP contribution is 2.24. The summed E-state index contributed by atoms with van der Waals surface area (Å²) in [4.78, 5) is 22.5. The first-order chi connectivity index (χ1) is 12.5. The molecule has 2 aromatic rings. The molecule has 0 radical (unpaired) electrons. The van der Waals surface area contributed by atoms with Gasteiger partial charge in [-0.15, -0.1) is 0 Å². The fraction of sp³-hybridized carbons (Fsp3) is 0.222. The number of carbonyl (C=O) groups is 1. The summed E-state index contributed by atoms with van der Waals surface area (Å²) in [7, 11) is 0. The van der Waals surface area contributed by atoms with Crippen LogP contribution < -0.4 is 0 Å². The molecule has 8 heteroatoms. The van der Waals surface area contributed by atoms with Gasteiger partial charge < -0.3 is 4.74 Å². The first kappa shape index (κ1) is 18.7. The molecular weight excluding hydrogens is 336 g/mol. The van der Waals surface area contributed by atoms with Crippen molar-refractivity contribution in [3.05, 3.63) is 70.3 Å². The maximum atomic E-state index is 12.4. The van der Waals surface area contributed by atoms with Crippen molar-refractivity contribution in [2.24, 2.45) is 10.2 Å². The Balaban J connectivity index is 2.35. The van der Waals surface area contributed by atoms with Crippen LogP contribution in [-0.4, -0.2) is 23.0 Å². The number of azo groups is 1. The molecule has 0 aliphatic heterocycles. The zero-order valence-electron chi connectivity index (χ0n) is 14.0. The van der Waals surface area contributed by atoms with Crippen molar-refractivity contribution >= 4 is 17.3 Å². The van der Waals surface area contributed by atoms with Crippen molar-refractivity contribution in [3.63, 3.8) is 0 Å². The quantitative estimate of drug-likeness (QED) is 0.325. The Bertz CT molecular complexity index is 844. The van der Waals surface area contributed by atoms with E-state index < -0.39 is 16.4 Å². The number of esters is 1. The standard InChI is InChI=1S/C18H16N4O4/c1-2-26-17(23)18(13-19,12-14-6-4-3-5-7-14)21-20-15-8-10-16(11-9-15)22(24)25/h3-11H,2,12H2,1H3. The second kappa shape index (κ2) is 8.48. The molecular formula is C18H16N4O4. The molecule has 0 fully saturated rings. The molecule has 0 saturated heterocycles. The van der Waals surface area contributed by atoms with Crippen molar-refractivity contribution in [1.82, 2.24) is 0 Å². The van der Waals surface area contributed by atoms with Crippen LogP contribution in [0.3, 0.4) is 0 Å². The van der Waals surface area contributed by atoms with E-state index in [1.807, 2.05) is 12.1 Å². The second-order valence-corrected chi connectivity index (χ2v) is 5.33. The minimum Gasteiger partial charge on any atom is -0.463 e. The zero-order valence-corrected chi connectivity index (χ0v) is 14.0. The van der Waals surface area contributed by atoms with Gasteiger partial charge in [-0.05, 0) is 24.6 Å². The first-order valence-corrected chi connectivity index (χ1v) is 7.80. The van der Waals surface area contributed by atoms with E-state index >= 15 is 0 Å². The van der Waals surface area contributed by atoms with Crippen molar-refractivity contribution in [3.8, 4) is 6.07 Å². The van der Waals surface area contributed by atoms with Gasteiger partial charge in [0.15, 0.2) is 0 Å². The first-order valence-electron chi connectivity index (χ1n) is 7.80. The number of nitro benzene ring substituents is 1. The van der Waals surface area contributed by atoms with Gasteiger partial charge in [-0.2, -0.15) is 15.5 Å². The Morgan fingerprint density at radius 1 is 1.23 bits per heavy atom. The molecule has 1 atom stereocenters. The average molecular weight is 352 g/mol. The SMILES string of the molecule is CCOC(=O)C(C#N)(Cc1ccccc1)N=Nc1ccc([N+](=O)[O-])cc1. The topological polar surface area (TPSA) is 118 Å². The summed E-state index contributed by atoms with van der Waals surface area (Å²) in [6, 6.07) is 16.2. The van der Waals surface area contributed by atoms with E-state index in [0.717, 1.165) is 5.56 Å². The lowest BCUT2D eigenvalue weighted by molar-refractivity contribution is -0.384. The monoisotopic (exact) mass is 352 g/mol. The molecule has 0 amide bonds. The molecule has 0 heterocycles. The van der Waals surface area contributed by atoms with Crippen molar-refractivity contribution in [1.29, 1.82) is 5.26 Å². The maximum absolute atomic E-state index is 12.4. The number of benzene rings is 2. The van der Waals surface area contributed by atoms with Gasteiger partial charge in [0.2, 0.25) is 0 Å². The molecule has 0 aliphatic rings. The Morgan fingerprint density at radius 2 is 1.88 bits per heavy atom. The molecule has 1 unspecified atom stereocenters. The van der Waals surface area contributed by atoms with Gasteiger partial charge in [0, 0.05) is 18.6 Å². The van der Waals surface area contributed by atoms with Crippen LogP contribution in [0.5, 0.6) is 0 Å². The van der Waals surface area contributed by atoms with Gasteiger partial charge in [-0.1, -0.05) is 30.3 Å². The lowest BCUT2D eigenvalue weighted by Crippen LogP contribution is -2.39. The molecule has 0 aliphatic carbocycles. The lowest BCUT2D eigenvalue weighted by atomic mass is 9.93. The molecule has 132 valence electrons. The summed E-state index contributed by atoms with van der Waals surface area (Å²) in [6.45, 7) is 1.74. The second-order valence-electron chi connectivity index (χ2n) is 5.33. The van der Waals surface area contributed by atoms with E-state index in [2.05, 4.69) is 10.2 Å². The van der Waals surface area contributed by atoms with E-state index in [9.17, 15) is 20.2 Å². The molecule has 2 aromatic carbocycles. The highest BCUT2D eigenvalue weighted by atomic mass is 16.6. The van der Waals surface area contributed by atoms with E-state index in [1.165, 1.54) is 24.3 Å². The highest BCUT2D eigenvalue weighted by Gasteiger charge is 2.41. The Kier molecular flexibility index (Phi) is 6.11. The van der Waals surface area contributed by atoms with Crippen LogP contribution in [0, 0.1) is 21.4 Å². The summed E-state index contributed by atoms with van der Waals surface area (Å²) in [5.41, 5.74) is -0.915. The summed E-state index contributed by atoms with van der Waals surface area (Å²) >= 11 is 0. The Labute approximate surface area is 149 Å². The van der Waals surface area contributed by atoms with Crippen LogP contribution in [0.1, 0.15) is 12.5 Å². The summed E-state index contributed by atoms with van der Waals surface area (Å²) in [5, 5.41) is 28.2. The number of rotatable bonds is 7. The van der Waals surface area contributed by atoms with Crippen molar-refractivity contribution in [2.45, 2.75) is 18.9 Å². The maximum Gasteiger partial charge on any atom is 0.351 e. The van der Waals surface area contributed by atoms with Crippen LogP contribution in [0.4, 0.5) is 11.4 Å². The molecule has 26 heavy (non-hydrogen) atoms. The van der Waals surface area contributed by atoms with Gasteiger partial charge in [0.05, 0.1) is 17.2 Å². The van der Waals surface area contributed by atoms with Gasteiger partial charge in [0.25, 0.3) is 11.2 Å². The molecule has 0 N–H and O–H groups in total. The van der Waals surface area contributed by atoms with Gasteiger partial charge in [0.1, 0.15) is 6.07 Å². The average Bonchev–Trinajstić information content (AvgIpc) is 2.66. The largest absolute Gasteiger partial charge is 0.463 e. The van der Waals surface area contributed by atoms with Crippen LogP contribution in [-0.2, 0) is 16.0 Å². The van der Waals surface area contributed by atoms with E-state index in [1.54, 1.807) is 31.2 Å². The number of hydrogen-bond acceptors (Lipinski definition) is 7. The predicted molar refractivity (Wildman–Crippen MR) is 92.7 cm³/mol. The number of nitriles is 1. The van der Waals surface area contributed by atoms with Crippen molar-refractivity contribution < 1.29 is 14.5 Å². The third kappa shape index (κ3) is 4.48. The van der Waals surface area contributed by atoms with Gasteiger partial charge >= 0.3 is 5.97 Å². The Hall–Kier alpha value is -3.60. The van der Waals surface area contributed by atoms with Crippen LogP contribution in [0.2, 0.25) is 0 Å². The zero-order chi connectivity index (χ0) is 19.0. The number of nitro groups is 1. The minimum absolute atomic E-state index is 0.000343. The fourth-order valence-corrected chi connectivity index (χ4v) is 2.18. The summed E-state index contributed by atoms with van der Waals surface area (Å²) < 4.78 is 5.00. The molecule has 0 aromatic heterocycles. The summed E-state index contributed by atoms with van der Waals surface area (Å²) in [5.74, 6) is -0.794. The minimum atomic E-state index is -1.83. The summed E-state index contributed by atoms with van der Waals surface area (Å²) in [6.07, 6.45) is -0.000343. The predicted octanol–water partition coefficient (Wildman–Crippen LogP) is 3.75. The van der Waals surface area contributed by atoms with Crippen molar-refractivity contribution in [2.75, 3.05) is 6.61 Å². The van der Waals surface area contributed by atoms with Crippen LogP contribution >= 0.6 is 0 Å². The van der Waals surface area contributed by atoms with Crippen LogP contribution in [0.15, 0.2) is 64.8 Å². The van der Waals surface area contributed by atoms with Gasteiger partial charge in [-0.25, -0.2) is 4.79 Å². The Morgan fingerprint density at radius 3 is 2.42 bits per heavy atom. The number of non-ortho nitro benzene ring substituents is 1. The van der Waals surface area contributed by atoms with Gasteiger partial charge in [-0.3, -0.25) is 10.1 Å². The normalized spacial score (nSPS) is 12.9. The third-order valence-electron chi connectivity index (χ3n) is 3.50. The number of carbonyl (C=O) groups excluding carboxylic acids is 1. The number of ether oxygens (including phenoxy) is 1. The number of hydrogen-bond donors (Lipinski definition) is 0. The molecule has 2 rings (SSSR count). The molecule has 8 nitrogen and oxygen atoms in total. The molecule has 0 bridgehead atoms. The highest BCUT2D eigenvalue weighted by molar-refractivity contribution is 5.85. The fourth-order valence-electron chi connectivity index (χ4n) is 2.18. The third-order valence-corrected chi connectivity index (χ3v) is 3.50. The van der Waals surface area contributed by atoms with E-state index in [4.69, 9.17) is 4.74 Å². The van der Waals surface area contributed by atoms with E-state index in [-0.39, 0.29) is 24.4 Å². The molecule has 0 saturated carbocycles. The molecule has 0 spiro atoms. The van der Waals surface area contributed by atoms with Crippen LogP contribution in [0.25, 0.3) is 0 Å². The lowest BCUT2D eigenvalue weighted by Gasteiger charge is -2.18. The smallest absolute Gasteiger partial charge is 0.351 e.